The Kier molecular flexibility index (Phi) is 6.51. The number of anilines is 1. The fourth-order valence-corrected chi connectivity index (χ4v) is 4.18. The van der Waals surface area contributed by atoms with Crippen molar-refractivity contribution in [3.63, 3.8) is 0 Å². The van der Waals surface area contributed by atoms with Crippen molar-refractivity contribution >= 4 is 34.6 Å². The third-order valence-corrected chi connectivity index (χ3v) is 6.11. The minimum absolute atomic E-state index is 0.00523. The van der Waals surface area contributed by atoms with E-state index in [0.717, 1.165) is 22.0 Å². The van der Waals surface area contributed by atoms with Crippen molar-refractivity contribution in [2.24, 2.45) is 13.0 Å². The van der Waals surface area contributed by atoms with Crippen molar-refractivity contribution in [2.45, 2.75) is 39.2 Å². The molecule has 0 saturated carbocycles. The number of nitrogens with two attached hydrogens (primary N) is 1. The molecular formula is C26H32N6O3. The van der Waals surface area contributed by atoms with Gasteiger partial charge in [-0.15, -0.1) is 0 Å². The number of amides is 1. The molecule has 1 saturated heterocycles. The molecule has 35 heavy (non-hydrogen) atoms. The van der Waals surface area contributed by atoms with Crippen LogP contribution in [0, 0.1) is 16.7 Å². The minimum atomic E-state index is -0.547. The van der Waals surface area contributed by atoms with Crippen LogP contribution in [-0.2, 0) is 16.5 Å². The van der Waals surface area contributed by atoms with Crippen LogP contribution in [0.5, 0.6) is 0 Å². The van der Waals surface area contributed by atoms with Gasteiger partial charge in [0.1, 0.15) is 11.4 Å². The van der Waals surface area contributed by atoms with E-state index in [1.54, 1.807) is 17.2 Å². The molecule has 184 valence electrons. The van der Waals surface area contributed by atoms with E-state index in [-0.39, 0.29) is 29.6 Å². The predicted molar refractivity (Wildman–Crippen MR) is 137 cm³/mol. The van der Waals surface area contributed by atoms with Crippen LogP contribution in [0.4, 0.5) is 10.6 Å². The van der Waals surface area contributed by atoms with Gasteiger partial charge >= 0.3 is 6.09 Å². The van der Waals surface area contributed by atoms with E-state index in [4.69, 9.17) is 26.0 Å². The lowest BCUT2D eigenvalue weighted by Gasteiger charge is -2.33. The molecule has 0 aliphatic carbocycles. The zero-order valence-corrected chi connectivity index (χ0v) is 20.6. The van der Waals surface area contributed by atoms with Crippen molar-refractivity contribution in [3.05, 3.63) is 48.3 Å². The van der Waals surface area contributed by atoms with Crippen molar-refractivity contribution in [2.75, 3.05) is 18.8 Å². The summed E-state index contributed by atoms with van der Waals surface area (Å²) < 4.78 is 13.1. The average Bonchev–Trinajstić information content (AvgIpc) is 3.18. The number of nitrogen functional groups attached to an aromatic ring is 1. The Morgan fingerprint density at radius 1 is 1.11 bits per heavy atom. The Hall–Kier alpha value is -3.88. The molecule has 0 atom stereocenters. The molecule has 3 aromatic rings. The summed E-state index contributed by atoms with van der Waals surface area (Å²) in [6.07, 6.45) is 4.47. The summed E-state index contributed by atoms with van der Waals surface area (Å²) in [6.45, 7) is 6.45. The normalized spacial score (nSPS) is 14.7. The molecule has 3 heterocycles. The predicted octanol–water partition coefficient (Wildman–Crippen LogP) is 4.79. The van der Waals surface area contributed by atoms with E-state index < -0.39 is 5.60 Å². The van der Waals surface area contributed by atoms with Gasteiger partial charge in [0.05, 0.1) is 5.56 Å². The van der Waals surface area contributed by atoms with Crippen LogP contribution in [0.2, 0.25) is 0 Å². The Bertz CT molecular complexity index is 1280. The zero-order chi connectivity index (χ0) is 25.3. The van der Waals surface area contributed by atoms with Gasteiger partial charge in [0.25, 0.3) is 0 Å². The highest BCUT2D eigenvalue weighted by atomic mass is 16.6. The van der Waals surface area contributed by atoms with Gasteiger partial charge in [0, 0.05) is 54.9 Å². The number of fused-ring (bicyclic) bond motifs is 1. The van der Waals surface area contributed by atoms with Crippen molar-refractivity contribution in [1.29, 1.82) is 10.8 Å². The zero-order valence-electron chi connectivity index (χ0n) is 20.6. The second kappa shape index (κ2) is 9.40. The largest absolute Gasteiger partial charge is 0.444 e. The number of nitrogens with zero attached hydrogens (tertiary/aromatic N) is 3. The molecule has 2 aromatic heterocycles. The molecular weight excluding hydrogens is 444 g/mol. The van der Waals surface area contributed by atoms with Crippen LogP contribution in [0.15, 0.2) is 42.7 Å². The monoisotopic (exact) mass is 476 g/mol. The number of pyridine rings is 1. The first-order valence-electron chi connectivity index (χ1n) is 11.7. The summed E-state index contributed by atoms with van der Waals surface area (Å²) in [5.74, 6) is -0.231. The maximum absolute atomic E-state index is 12.3. The fraction of sp³-hybridized carbons (Fsp3) is 0.385. The lowest BCUT2D eigenvalue weighted by Crippen LogP contribution is -2.43. The topological polar surface area (TPSA) is 130 Å². The molecule has 0 bridgehead atoms. The van der Waals surface area contributed by atoms with Gasteiger partial charge in [-0.25, -0.2) is 9.78 Å². The van der Waals surface area contributed by atoms with Crippen molar-refractivity contribution in [1.82, 2.24) is 14.5 Å². The summed E-state index contributed by atoms with van der Waals surface area (Å²) in [7, 11) is 2.00. The van der Waals surface area contributed by atoms with Gasteiger partial charge in [-0.1, -0.05) is 6.07 Å². The highest BCUT2D eigenvalue weighted by molar-refractivity contribution is 6.03. The van der Waals surface area contributed by atoms with Crippen LogP contribution in [0.1, 0.15) is 39.2 Å². The molecule has 1 amide bonds. The van der Waals surface area contributed by atoms with Crippen LogP contribution < -0.4 is 5.73 Å². The first kappa shape index (κ1) is 24.3. The summed E-state index contributed by atoms with van der Waals surface area (Å²) >= 11 is 0. The number of aromatic nitrogens is 2. The van der Waals surface area contributed by atoms with Crippen LogP contribution in [0.25, 0.3) is 22.0 Å². The first-order chi connectivity index (χ1) is 16.5. The molecule has 1 aliphatic rings. The van der Waals surface area contributed by atoms with E-state index in [1.807, 2.05) is 52.2 Å². The molecule has 4 N–H and O–H groups in total. The lowest BCUT2D eigenvalue weighted by atomic mass is 9.97. The van der Waals surface area contributed by atoms with E-state index in [0.29, 0.717) is 31.5 Å². The number of carbonyl (C=O) groups is 1. The van der Waals surface area contributed by atoms with Crippen LogP contribution >= 0.6 is 0 Å². The highest BCUT2D eigenvalue weighted by Crippen LogP contribution is 2.27. The highest BCUT2D eigenvalue weighted by Gasteiger charge is 2.30. The minimum Gasteiger partial charge on any atom is -0.444 e. The molecule has 9 nitrogen and oxygen atoms in total. The molecule has 0 radical (unpaired) electrons. The van der Waals surface area contributed by atoms with Crippen LogP contribution in [-0.4, -0.2) is 51.0 Å². The molecule has 1 fully saturated rings. The Morgan fingerprint density at radius 2 is 1.83 bits per heavy atom. The van der Waals surface area contributed by atoms with Gasteiger partial charge in [0.2, 0.25) is 5.90 Å². The fourth-order valence-electron chi connectivity index (χ4n) is 4.18. The third kappa shape index (κ3) is 5.45. The number of ether oxygens (including phenoxy) is 2. The number of hydrogen-bond acceptors (Lipinski definition) is 7. The van der Waals surface area contributed by atoms with Gasteiger partial charge in [-0.2, -0.15) is 0 Å². The van der Waals surface area contributed by atoms with Crippen molar-refractivity contribution in [3.8, 4) is 11.1 Å². The van der Waals surface area contributed by atoms with Gasteiger partial charge in [0.15, 0.2) is 5.90 Å². The van der Waals surface area contributed by atoms with Crippen LogP contribution in [0.3, 0.4) is 0 Å². The maximum atomic E-state index is 12.3. The Labute approximate surface area is 204 Å². The second-order valence-corrected chi connectivity index (χ2v) is 9.89. The van der Waals surface area contributed by atoms with Gasteiger partial charge in [-0.05, 0) is 63.4 Å². The molecule has 9 heteroatoms. The number of aryl methyl sites for hydroxylation is 1. The maximum Gasteiger partial charge on any atom is 0.410 e. The van der Waals surface area contributed by atoms with E-state index in [2.05, 4.69) is 15.6 Å². The van der Waals surface area contributed by atoms with E-state index in [1.165, 1.54) is 0 Å². The van der Waals surface area contributed by atoms with Gasteiger partial charge in [-0.3, -0.25) is 10.8 Å². The molecule has 0 spiro atoms. The Morgan fingerprint density at radius 3 is 2.51 bits per heavy atom. The third-order valence-electron chi connectivity index (χ3n) is 6.11. The first-order valence-corrected chi connectivity index (χ1v) is 11.7. The van der Waals surface area contributed by atoms with Crippen molar-refractivity contribution < 1.29 is 14.3 Å². The second-order valence-electron chi connectivity index (χ2n) is 9.89. The number of piperidine rings is 1. The summed E-state index contributed by atoms with van der Waals surface area (Å²) in [6, 6.07) is 9.93. The smallest absolute Gasteiger partial charge is 0.410 e. The summed E-state index contributed by atoms with van der Waals surface area (Å²) in [5.41, 5.74) is 8.74. The number of rotatable bonds is 3. The average molecular weight is 477 g/mol. The molecule has 0 unspecified atom stereocenters. The quantitative estimate of drug-likeness (QED) is 0.370. The number of likely N-dealkylation sites (tertiary alicyclic amines) is 1. The SMILES string of the molecule is Cn1ccc2cc(-c3cnc(N)c(C(=N)OC(=N)C4CCN(C(=O)OC(C)(C)C)CC4)c3)ccc21. The number of benzene rings is 1. The molecule has 1 aromatic carbocycles. The summed E-state index contributed by atoms with van der Waals surface area (Å²) in [4.78, 5) is 18.2. The standard InChI is InChI=1S/C26H32N6O3/c1-26(2,3)35-25(33)32-11-8-16(9-12-32)23(28)34-24(29)20-14-19(15-30-22(20)27)17-5-6-21-18(13-17)7-10-31(21)4/h5-7,10,13-16,28-29H,8-9,11-12H2,1-4H3,(H2,27,30). The van der Waals surface area contributed by atoms with E-state index >= 15 is 0 Å². The number of hydrogen-bond donors (Lipinski definition) is 3. The number of carbonyl (C=O) groups excluding carboxylic acids is 1. The van der Waals surface area contributed by atoms with E-state index in [9.17, 15) is 4.79 Å². The molecule has 1 aliphatic heterocycles. The number of nitrogens with one attached hydrogen (secondary N) is 2. The molecule has 4 rings (SSSR count). The van der Waals surface area contributed by atoms with Gasteiger partial charge < -0.3 is 24.7 Å². The summed E-state index contributed by atoms with van der Waals surface area (Å²) in [5, 5.41) is 18.0. The lowest BCUT2D eigenvalue weighted by molar-refractivity contribution is 0.0198. The Balaban J connectivity index is 1.41.